The average molecular weight is 449 g/mol. The summed E-state index contributed by atoms with van der Waals surface area (Å²) in [7, 11) is 0. The number of hydrogen-bond donors (Lipinski definition) is 2. The van der Waals surface area contributed by atoms with Gasteiger partial charge in [0.25, 0.3) is 5.91 Å². The molecule has 1 saturated carbocycles. The van der Waals surface area contributed by atoms with Crippen LogP contribution in [0, 0.1) is 0 Å². The monoisotopic (exact) mass is 448 g/mol. The van der Waals surface area contributed by atoms with Crippen molar-refractivity contribution in [2.45, 2.75) is 69.8 Å². The van der Waals surface area contributed by atoms with Gasteiger partial charge in [-0.3, -0.25) is 24.7 Å². The lowest BCUT2D eigenvalue weighted by Crippen LogP contribution is -2.52. The smallest absolute Gasteiger partial charge is 0.255 e. The predicted molar refractivity (Wildman–Crippen MR) is 120 cm³/mol. The van der Waals surface area contributed by atoms with Crippen LogP contribution < -0.4 is 15.4 Å². The van der Waals surface area contributed by atoms with Crippen LogP contribution in [-0.4, -0.2) is 45.8 Å². The lowest BCUT2D eigenvalue weighted by molar-refractivity contribution is -0.136. The number of pyridine rings is 1. The number of benzene rings is 1. The van der Waals surface area contributed by atoms with Crippen LogP contribution in [-0.2, 0) is 22.7 Å². The molecule has 33 heavy (non-hydrogen) atoms. The van der Waals surface area contributed by atoms with Crippen molar-refractivity contribution in [3.63, 3.8) is 0 Å². The molecule has 3 heterocycles. The number of ether oxygens (including phenoxy) is 1. The molecule has 3 atom stereocenters. The highest BCUT2D eigenvalue weighted by atomic mass is 16.5. The summed E-state index contributed by atoms with van der Waals surface area (Å²) in [6, 6.07) is 9.23. The van der Waals surface area contributed by atoms with E-state index in [1.807, 2.05) is 24.3 Å². The van der Waals surface area contributed by atoms with Gasteiger partial charge in [0, 0.05) is 43.5 Å². The zero-order chi connectivity index (χ0) is 22.8. The van der Waals surface area contributed by atoms with Gasteiger partial charge in [0.2, 0.25) is 11.8 Å². The molecule has 2 aromatic rings. The largest absolute Gasteiger partial charge is 0.489 e. The third kappa shape index (κ3) is 4.61. The van der Waals surface area contributed by atoms with Gasteiger partial charge in [0.1, 0.15) is 17.9 Å². The predicted octanol–water partition coefficient (Wildman–Crippen LogP) is 2.32. The number of carbonyl (C=O) groups excluding carboxylic acids is 3. The molecule has 1 aliphatic carbocycles. The van der Waals surface area contributed by atoms with E-state index in [2.05, 4.69) is 15.6 Å². The summed E-state index contributed by atoms with van der Waals surface area (Å²) in [5.41, 5.74) is 2.65. The second-order valence-corrected chi connectivity index (χ2v) is 9.00. The summed E-state index contributed by atoms with van der Waals surface area (Å²) in [4.78, 5) is 42.3. The highest BCUT2D eigenvalue weighted by molar-refractivity contribution is 6.05. The van der Waals surface area contributed by atoms with E-state index in [0.717, 1.165) is 37.1 Å². The molecule has 1 unspecified atom stereocenters. The summed E-state index contributed by atoms with van der Waals surface area (Å²) in [6.45, 7) is 1.12. The van der Waals surface area contributed by atoms with Crippen molar-refractivity contribution >= 4 is 17.7 Å². The zero-order valence-electron chi connectivity index (χ0n) is 18.5. The molecule has 0 spiro atoms. The van der Waals surface area contributed by atoms with Crippen LogP contribution in [0.25, 0.3) is 0 Å². The first kappa shape index (κ1) is 21.6. The Morgan fingerprint density at radius 1 is 1.06 bits per heavy atom. The molecule has 0 bridgehead atoms. The van der Waals surface area contributed by atoms with Crippen LogP contribution in [0.15, 0.2) is 42.7 Å². The standard InChI is InChI=1S/C25H28N4O4/c30-23-8-7-21(24(31)28-23)29-15-17-13-18(5-6-19(17)25(29)32)33-22-4-2-1-3-20(22)27-14-16-9-11-26-12-10-16/h5-6,9-13,20-22,27H,1-4,7-8,14-15H2,(H,28,30,31)/t20-,21?,22+/m0/s1. The summed E-state index contributed by atoms with van der Waals surface area (Å²) < 4.78 is 6.40. The number of imide groups is 1. The van der Waals surface area contributed by atoms with Crippen LogP contribution in [0.4, 0.5) is 0 Å². The Morgan fingerprint density at radius 3 is 2.70 bits per heavy atom. The van der Waals surface area contributed by atoms with Gasteiger partial charge in [-0.25, -0.2) is 0 Å². The van der Waals surface area contributed by atoms with Crippen LogP contribution >= 0.6 is 0 Å². The maximum Gasteiger partial charge on any atom is 0.255 e. The van der Waals surface area contributed by atoms with Crippen molar-refractivity contribution in [2.75, 3.05) is 0 Å². The third-order valence-corrected chi connectivity index (χ3v) is 6.80. The van der Waals surface area contributed by atoms with Gasteiger partial charge < -0.3 is 15.0 Å². The second kappa shape index (κ2) is 9.31. The molecule has 8 heteroatoms. The van der Waals surface area contributed by atoms with Gasteiger partial charge in [0.05, 0.1) is 0 Å². The Morgan fingerprint density at radius 2 is 1.88 bits per heavy atom. The fourth-order valence-corrected chi connectivity index (χ4v) is 5.02. The average Bonchev–Trinajstić information content (AvgIpc) is 3.14. The molecule has 8 nitrogen and oxygen atoms in total. The number of hydrogen-bond acceptors (Lipinski definition) is 6. The number of rotatable bonds is 6. The zero-order valence-corrected chi connectivity index (χ0v) is 18.5. The first-order valence-electron chi connectivity index (χ1n) is 11.6. The van der Waals surface area contributed by atoms with Gasteiger partial charge in [0.15, 0.2) is 0 Å². The van der Waals surface area contributed by atoms with Crippen LogP contribution in [0.3, 0.4) is 0 Å². The number of aromatic nitrogens is 1. The topological polar surface area (TPSA) is 101 Å². The van der Waals surface area contributed by atoms with Gasteiger partial charge in [-0.15, -0.1) is 0 Å². The number of fused-ring (bicyclic) bond motifs is 1. The molecule has 0 radical (unpaired) electrons. The molecule has 3 amide bonds. The lowest BCUT2D eigenvalue weighted by Gasteiger charge is -2.33. The Kier molecular flexibility index (Phi) is 6.09. The number of amides is 3. The van der Waals surface area contributed by atoms with Crippen molar-refractivity contribution in [3.05, 3.63) is 59.4 Å². The van der Waals surface area contributed by atoms with Crippen LogP contribution in [0.1, 0.15) is 60.0 Å². The van der Waals surface area contributed by atoms with Gasteiger partial charge in [-0.2, -0.15) is 0 Å². The van der Waals surface area contributed by atoms with E-state index in [0.29, 0.717) is 18.5 Å². The molecule has 5 rings (SSSR count). The summed E-state index contributed by atoms with van der Waals surface area (Å²) >= 11 is 0. The number of nitrogens with one attached hydrogen (secondary N) is 2. The first-order valence-corrected chi connectivity index (χ1v) is 11.6. The van der Waals surface area contributed by atoms with Gasteiger partial charge >= 0.3 is 0 Å². The molecular formula is C25H28N4O4. The molecule has 2 fully saturated rings. The van der Waals surface area contributed by atoms with E-state index < -0.39 is 11.9 Å². The van der Waals surface area contributed by atoms with Crippen molar-refractivity contribution in [1.82, 2.24) is 20.5 Å². The van der Waals surface area contributed by atoms with E-state index in [-0.39, 0.29) is 30.4 Å². The third-order valence-electron chi connectivity index (χ3n) is 6.80. The van der Waals surface area contributed by atoms with E-state index in [1.165, 1.54) is 12.0 Å². The van der Waals surface area contributed by atoms with Crippen LogP contribution in [0.5, 0.6) is 5.75 Å². The Balaban J connectivity index is 1.25. The highest BCUT2D eigenvalue weighted by Crippen LogP contribution is 2.32. The molecule has 172 valence electrons. The number of carbonyl (C=O) groups is 3. The molecule has 1 aromatic heterocycles. The second-order valence-electron chi connectivity index (χ2n) is 9.00. The minimum absolute atomic E-state index is 0.0574. The normalized spacial score (nSPS) is 25.0. The highest BCUT2D eigenvalue weighted by Gasteiger charge is 2.39. The molecule has 2 N–H and O–H groups in total. The van der Waals surface area contributed by atoms with Crippen molar-refractivity contribution in [1.29, 1.82) is 0 Å². The van der Waals surface area contributed by atoms with E-state index in [1.54, 1.807) is 23.4 Å². The van der Waals surface area contributed by atoms with Gasteiger partial charge in [-0.05, 0) is 67.1 Å². The Bertz CT molecular complexity index is 1060. The minimum Gasteiger partial charge on any atom is -0.489 e. The van der Waals surface area contributed by atoms with E-state index in [9.17, 15) is 14.4 Å². The maximum atomic E-state index is 12.9. The first-order chi connectivity index (χ1) is 16.1. The van der Waals surface area contributed by atoms with Gasteiger partial charge in [-0.1, -0.05) is 6.42 Å². The molecular weight excluding hydrogens is 420 g/mol. The van der Waals surface area contributed by atoms with E-state index >= 15 is 0 Å². The van der Waals surface area contributed by atoms with Crippen molar-refractivity contribution in [3.8, 4) is 5.75 Å². The molecule has 1 aromatic carbocycles. The summed E-state index contributed by atoms with van der Waals surface area (Å²) in [6.07, 6.45) is 8.61. The van der Waals surface area contributed by atoms with Crippen LogP contribution in [0.2, 0.25) is 0 Å². The minimum atomic E-state index is -0.605. The SMILES string of the molecule is O=C1CCC(N2Cc3cc(O[C@@H]4CCCC[C@@H]4NCc4ccncc4)ccc3C2=O)C(=O)N1. The van der Waals surface area contributed by atoms with Crippen molar-refractivity contribution < 1.29 is 19.1 Å². The molecule has 1 saturated heterocycles. The fraction of sp³-hybridized carbons (Fsp3) is 0.440. The number of nitrogens with zero attached hydrogens (tertiary/aromatic N) is 2. The number of piperidine rings is 1. The Labute approximate surface area is 192 Å². The summed E-state index contributed by atoms with van der Waals surface area (Å²) in [5, 5.41) is 5.98. The Hall–Kier alpha value is -3.26. The summed E-state index contributed by atoms with van der Waals surface area (Å²) in [5.74, 6) is -0.0974. The van der Waals surface area contributed by atoms with E-state index in [4.69, 9.17) is 4.74 Å². The molecule has 2 aliphatic heterocycles. The molecule has 3 aliphatic rings. The lowest BCUT2D eigenvalue weighted by atomic mass is 9.92. The van der Waals surface area contributed by atoms with Crippen molar-refractivity contribution in [2.24, 2.45) is 0 Å². The maximum absolute atomic E-state index is 12.9. The quantitative estimate of drug-likeness (QED) is 0.658. The fourth-order valence-electron chi connectivity index (χ4n) is 5.02.